The standard InChI is InChI=1S/C15H25NO2S/c1-5-6-13(3)16-11-14(4)19(17,18)15-9-7-12(2)8-10-15/h7-10,13-14,16H,5-6,11H2,1-4H3. The first-order valence-electron chi connectivity index (χ1n) is 6.92. The fourth-order valence-electron chi connectivity index (χ4n) is 1.97. The summed E-state index contributed by atoms with van der Waals surface area (Å²) in [6, 6.07) is 7.42. The summed E-state index contributed by atoms with van der Waals surface area (Å²) in [6.07, 6.45) is 2.17. The zero-order valence-corrected chi connectivity index (χ0v) is 13.1. The first-order valence-corrected chi connectivity index (χ1v) is 8.46. The zero-order chi connectivity index (χ0) is 14.5. The van der Waals surface area contributed by atoms with Crippen LogP contribution in [0.15, 0.2) is 29.2 Å². The van der Waals surface area contributed by atoms with Crippen LogP contribution in [0.2, 0.25) is 0 Å². The van der Waals surface area contributed by atoms with Gasteiger partial charge in [-0.15, -0.1) is 0 Å². The van der Waals surface area contributed by atoms with Gasteiger partial charge in [-0.3, -0.25) is 0 Å². The third-order valence-electron chi connectivity index (χ3n) is 3.35. The van der Waals surface area contributed by atoms with E-state index in [4.69, 9.17) is 0 Å². The molecule has 4 heteroatoms. The molecular formula is C15H25NO2S. The van der Waals surface area contributed by atoms with Gasteiger partial charge in [-0.25, -0.2) is 8.42 Å². The highest BCUT2D eigenvalue weighted by Gasteiger charge is 2.23. The normalized spacial score (nSPS) is 15.2. The molecule has 19 heavy (non-hydrogen) atoms. The average molecular weight is 283 g/mol. The molecule has 0 fully saturated rings. The Morgan fingerprint density at radius 3 is 2.26 bits per heavy atom. The van der Waals surface area contributed by atoms with Gasteiger partial charge in [0.2, 0.25) is 0 Å². The molecule has 3 nitrogen and oxygen atoms in total. The van der Waals surface area contributed by atoms with Crippen molar-refractivity contribution in [1.82, 2.24) is 5.32 Å². The summed E-state index contributed by atoms with van der Waals surface area (Å²) in [5.74, 6) is 0. The van der Waals surface area contributed by atoms with Crippen LogP contribution >= 0.6 is 0 Å². The lowest BCUT2D eigenvalue weighted by molar-refractivity contribution is 0.501. The molecule has 0 radical (unpaired) electrons. The smallest absolute Gasteiger partial charge is 0.182 e. The number of sulfone groups is 1. The Morgan fingerprint density at radius 1 is 1.16 bits per heavy atom. The molecule has 2 unspecified atom stereocenters. The number of rotatable bonds is 7. The van der Waals surface area contributed by atoms with Crippen molar-refractivity contribution in [2.45, 2.75) is 56.7 Å². The second kappa shape index (κ2) is 7.06. The molecule has 0 spiro atoms. The fraction of sp³-hybridized carbons (Fsp3) is 0.600. The van der Waals surface area contributed by atoms with Crippen molar-refractivity contribution in [3.8, 4) is 0 Å². The van der Waals surface area contributed by atoms with E-state index < -0.39 is 15.1 Å². The predicted octanol–water partition coefficient (Wildman–Crippen LogP) is 2.94. The van der Waals surface area contributed by atoms with E-state index in [2.05, 4.69) is 19.2 Å². The summed E-state index contributed by atoms with van der Waals surface area (Å²) >= 11 is 0. The summed E-state index contributed by atoms with van der Waals surface area (Å²) in [4.78, 5) is 0.413. The largest absolute Gasteiger partial charge is 0.313 e. The van der Waals surface area contributed by atoms with E-state index in [0.717, 1.165) is 18.4 Å². The number of hydrogen-bond acceptors (Lipinski definition) is 3. The van der Waals surface area contributed by atoms with Gasteiger partial charge in [0.1, 0.15) is 0 Å². The highest BCUT2D eigenvalue weighted by Crippen LogP contribution is 2.16. The van der Waals surface area contributed by atoms with Crippen LogP contribution in [0.1, 0.15) is 39.2 Å². The monoisotopic (exact) mass is 283 g/mol. The minimum atomic E-state index is -3.23. The fourth-order valence-corrected chi connectivity index (χ4v) is 3.27. The third kappa shape index (κ3) is 4.62. The maximum absolute atomic E-state index is 12.4. The average Bonchev–Trinajstić information content (AvgIpc) is 2.36. The highest BCUT2D eigenvalue weighted by molar-refractivity contribution is 7.92. The van der Waals surface area contributed by atoms with Crippen LogP contribution in [0.4, 0.5) is 0 Å². The molecule has 0 aliphatic rings. The molecule has 1 aromatic carbocycles. The van der Waals surface area contributed by atoms with Crippen LogP contribution in [0.5, 0.6) is 0 Å². The Balaban J connectivity index is 2.69. The minimum Gasteiger partial charge on any atom is -0.313 e. The van der Waals surface area contributed by atoms with Crippen molar-refractivity contribution >= 4 is 9.84 Å². The minimum absolute atomic E-state index is 0.362. The van der Waals surface area contributed by atoms with Gasteiger partial charge in [0.05, 0.1) is 10.1 Å². The topological polar surface area (TPSA) is 46.2 Å². The molecule has 0 amide bonds. The van der Waals surface area contributed by atoms with E-state index >= 15 is 0 Å². The van der Waals surface area contributed by atoms with Gasteiger partial charge in [0, 0.05) is 12.6 Å². The first-order chi connectivity index (χ1) is 8.87. The number of hydrogen-bond donors (Lipinski definition) is 1. The summed E-state index contributed by atoms with van der Waals surface area (Å²) in [5.41, 5.74) is 1.07. The van der Waals surface area contributed by atoms with Gasteiger partial charge in [0.15, 0.2) is 9.84 Å². The Hall–Kier alpha value is -0.870. The molecule has 0 saturated heterocycles. The molecule has 0 saturated carbocycles. The molecular weight excluding hydrogens is 258 g/mol. The van der Waals surface area contributed by atoms with Crippen molar-refractivity contribution in [3.63, 3.8) is 0 Å². The Morgan fingerprint density at radius 2 is 1.74 bits per heavy atom. The number of nitrogens with one attached hydrogen (secondary N) is 1. The molecule has 1 rings (SSSR count). The molecule has 108 valence electrons. The van der Waals surface area contributed by atoms with Crippen molar-refractivity contribution in [2.24, 2.45) is 0 Å². The van der Waals surface area contributed by atoms with Crippen LogP contribution in [-0.2, 0) is 9.84 Å². The van der Waals surface area contributed by atoms with E-state index in [1.807, 2.05) is 19.1 Å². The SMILES string of the molecule is CCCC(C)NCC(C)S(=O)(=O)c1ccc(C)cc1. The molecule has 2 atom stereocenters. The molecule has 1 aromatic rings. The van der Waals surface area contributed by atoms with Crippen LogP contribution in [0.25, 0.3) is 0 Å². The first kappa shape index (κ1) is 16.2. The van der Waals surface area contributed by atoms with Gasteiger partial charge < -0.3 is 5.32 Å². The lowest BCUT2D eigenvalue weighted by Crippen LogP contribution is -2.36. The predicted molar refractivity (Wildman–Crippen MR) is 80.2 cm³/mol. The second-order valence-electron chi connectivity index (χ2n) is 5.27. The summed E-state index contributed by atoms with van der Waals surface area (Å²) < 4.78 is 24.7. The summed E-state index contributed by atoms with van der Waals surface area (Å²) in [5, 5.41) is 2.88. The molecule has 0 aliphatic heterocycles. The van der Waals surface area contributed by atoms with E-state index in [1.54, 1.807) is 19.1 Å². The lowest BCUT2D eigenvalue weighted by atomic mass is 10.2. The maximum Gasteiger partial charge on any atom is 0.182 e. The quantitative estimate of drug-likeness (QED) is 0.837. The lowest BCUT2D eigenvalue weighted by Gasteiger charge is -2.18. The van der Waals surface area contributed by atoms with Gasteiger partial charge in [-0.1, -0.05) is 31.0 Å². The number of aryl methyl sites for hydroxylation is 1. The summed E-state index contributed by atoms with van der Waals surface area (Å²) in [6.45, 7) is 8.44. The van der Waals surface area contributed by atoms with Crippen LogP contribution < -0.4 is 5.32 Å². The van der Waals surface area contributed by atoms with E-state index in [-0.39, 0.29) is 0 Å². The van der Waals surface area contributed by atoms with E-state index in [9.17, 15) is 8.42 Å². The van der Waals surface area contributed by atoms with Gasteiger partial charge in [0.25, 0.3) is 0 Å². The Labute approximate surface area is 117 Å². The van der Waals surface area contributed by atoms with Crippen LogP contribution in [0, 0.1) is 6.92 Å². The van der Waals surface area contributed by atoms with Gasteiger partial charge in [-0.05, 0) is 39.3 Å². The second-order valence-corrected chi connectivity index (χ2v) is 7.63. The highest BCUT2D eigenvalue weighted by atomic mass is 32.2. The van der Waals surface area contributed by atoms with Crippen molar-refractivity contribution in [1.29, 1.82) is 0 Å². The molecule has 0 aliphatic carbocycles. The Bertz CT molecular complexity index is 479. The zero-order valence-electron chi connectivity index (χ0n) is 12.3. The summed E-state index contributed by atoms with van der Waals surface area (Å²) in [7, 11) is -3.23. The third-order valence-corrected chi connectivity index (χ3v) is 5.51. The molecule has 0 heterocycles. The van der Waals surface area contributed by atoms with Crippen LogP contribution in [-0.4, -0.2) is 26.3 Å². The van der Waals surface area contributed by atoms with E-state index in [1.165, 1.54) is 0 Å². The Kier molecular flexibility index (Phi) is 6.01. The molecule has 0 aromatic heterocycles. The molecule has 1 N–H and O–H groups in total. The molecule has 0 bridgehead atoms. The maximum atomic E-state index is 12.4. The van der Waals surface area contributed by atoms with E-state index in [0.29, 0.717) is 17.5 Å². The van der Waals surface area contributed by atoms with Crippen molar-refractivity contribution < 1.29 is 8.42 Å². The van der Waals surface area contributed by atoms with Crippen LogP contribution in [0.3, 0.4) is 0 Å². The van der Waals surface area contributed by atoms with Gasteiger partial charge in [-0.2, -0.15) is 0 Å². The van der Waals surface area contributed by atoms with Gasteiger partial charge >= 0.3 is 0 Å². The van der Waals surface area contributed by atoms with Crippen molar-refractivity contribution in [2.75, 3.05) is 6.54 Å². The number of benzene rings is 1. The van der Waals surface area contributed by atoms with Crippen molar-refractivity contribution in [3.05, 3.63) is 29.8 Å².